The van der Waals surface area contributed by atoms with Gasteiger partial charge in [0.25, 0.3) is 0 Å². The lowest BCUT2D eigenvalue weighted by Gasteiger charge is -2.07. The van der Waals surface area contributed by atoms with Crippen LogP contribution in [0.4, 0.5) is 0 Å². The molecule has 1 rings (SSSR count). The van der Waals surface area contributed by atoms with Crippen molar-refractivity contribution in [3.05, 3.63) is 34.3 Å². The van der Waals surface area contributed by atoms with Gasteiger partial charge in [-0.3, -0.25) is 4.18 Å². The van der Waals surface area contributed by atoms with Gasteiger partial charge >= 0.3 is 10.3 Å². The highest BCUT2D eigenvalue weighted by atomic mass is 35.5. The Balaban J connectivity index is 2.49. The lowest BCUT2D eigenvalue weighted by Crippen LogP contribution is -2.16. The SMILES string of the molecule is Cc1cccc(Cl)c1CCCOS(N)(=O)=O. The van der Waals surface area contributed by atoms with E-state index in [2.05, 4.69) is 4.18 Å². The molecule has 0 saturated carbocycles. The Hall–Kier alpha value is -0.620. The van der Waals surface area contributed by atoms with E-state index < -0.39 is 10.3 Å². The first-order valence-electron chi connectivity index (χ1n) is 4.81. The number of nitrogens with two attached hydrogens (primary N) is 1. The zero-order valence-electron chi connectivity index (χ0n) is 8.94. The van der Waals surface area contributed by atoms with Gasteiger partial charge in [-0.25, -0.2) is 5.14 Å². The van der Waals surface area contributed by atoms with E-state index in [1.54, 1.807) is 0 Å². The van der Waals surface area contributed by atoms with Gasteiger partial charge < -0.3 is 0 Å². The minimum absolute atomic E-state index is 0.0729. The monoisotopic (exact) mass is 263 g/mol. The maximum absolute atomic E-state index is 10.5. The Morgan fingerprint density at radius 3 is 2.69 bits per heavy atom. The molecule has 90 valence electrons. The van der Waals surface area contributed by atoms with E-state index >= 15 is 0 Å². The molecule has 0 heterocycles. The van der Waals surface area contributed by atoms with Crippen molar-refractivity contribution < 1.29 is 12.6 Å². The summed E-state index contributed by atoms with van der Waals surface area (Å²) in [5.74, 6) is 0. The van der Waals surface area contributed by atoms with Gasteiger partial charge in [-0.15, -0.1) is 0 Å². The number of halogens is 1. The molecule has 2 N–H and O–H groups in total. The summed E-state index contributed by atoms with van der Waals surface area (Å²) >= 11 is 6.01. The van der Waals surface area contributed by atoms with Crippen molar-refractivity contribution in [1.82, 2.24) is 0 Å². The third-order valence-electron chi connectivity index (χ3n) is 2.17. The second-order valence-electron chi connectivity index (χ2n) is 3.45. The molecule has 0 aliphatic carbocycles. The Morgan fingerprint density at radius 2 is 2.12 bits per heavy atom. The predicted molar refractivity (Wildman–Crippen MR) is 63.6 cm³/mol. The van der Waals surface area contributed by atoms with Crippen molar-refractivity contribution in [3.8, 4) is 0 Å². The van der Waals surface area contributed by atoms with Crippen LogP contribution in [-0.2, 0) is 20.9 Å². The van der Waals surface area contributed by atoms with E-state index in [9.17, 15) is 8.42 Å². The zero-order valence-corrected chi connectivity index (χ0v) is 10.5. The Kier molecular flexibility index (Phi) is 4.73. The average molecular weight is 264 g/mol. The summed E-state index contributed by atoms with van der Waals surface area (Å²) in [6, 6.07) is 5.65. The average Bonchev–Trinajstić information content (AvgIpc) is 2.14. The third-order valence-corrected chi connectivity index (χ3v) is 3.02. The van der Waals surface area contributed by atoms with Crippen molar-refractivity contribution in [2.75, 3.05) is 6.61 Å². The molecule has 4 nitrogen and oxygen atoms in total. The molecule has 0 spiro atoms. The summed E-state index contributed by atoms with van der Waals surface area (Å²) in [6.07, 6.45) is 1.22. The molecule has 0 unspecified atom stereocenters. The van der Waals surface area contributed by atoms with Crippen LogP contribution in [0.3, 0.4) is 0 Å². The first kappa shape index (κ1) is 13.4. The minimum atomic E-state index is -3.83. The van der Waals surface area contributed by atoms with Crippen molar-refractivity contribution in [3.63, 3.8) is 0 Å². The summed E-state index contributed by atoms with van der Waals surface area (Å²) in [4.78, 5) is 0. The van der Waals surface area contributed by atoms with E-state index in [1.807, 2.05) is 25.1 Å². The topological polar surface area (TPSA) is 69.4 Å². The van der Waals surface area contributed by atoms with Gasteiger partial charge in [-0.2, -0.15) is 8.42 Å². The standard InChI is InChI=1S/C10H14ClNO3S/c1-8-4-2-6-10(11)9(8)5-3-7-15-16(12,13)14/h2,4,6H,3,5,7H2,1H3,(H2,12,13,14). The zero-order chi connectivity index (χ0) is 12.2. The first-order chi connectivity index (χ1) is 7.40. The van der Waals surface area contributed by atoms with Crippen LogP contribution in [0.2, 0.25) is 5.02 Å². The molecule has 1 aromatic carbocycles. The predicted octanol–water partition coefficient (Wildman–Crippen LogP) is 1.80. The fourth-order valence-corrected chi connectivity index (χ4v) is 2.07. The Labute approximate surface area is 101 Å². The molecule has 16 heavy (non-hydrogen) atoms. The molecule has 0 aliphatic heterocycles. The number of aryl methyl sites for hydroxylation is 1. The summed E-state index contributed by atoms with van der Waals surface area (Å²) in [5, 5.41) is 5.39. The van der Waals surface area contributed by atoms with E-state index in [4.69, 9.17) is 16.7 Å². The number of rotatable bonds is 5. The van der Waals surface area contributed by atoms with Gasteiger partial charge in [-0.1, -0.05) is 23.7 Å². The maximum Gasteiger partial charge on any atom is 0.333 e. The van der Waals surface area contributed by atoms with Gasteiger partial charge in [0.05, 0.1) is 6.61 Å². The highest BCUT2D eigenvalue weighted by molar-refractivity contribution is 7.84. The number of hydrogen-bond donors (Lipinski definition) is 1. The van der Waals surface area contributed by atoms with Crippen LogP contribution in [0, 0.1) is 6.92 Å². The Bertz CT molecular complexity index is 439. The van der Waals surface area contributed by atoms with Crippen molar-refractivity contribution >= 4 is 21.9 Å². The molecule has 0 radical (unpaired) electrons. The normalized spacial score (nSPS) is 11.7. The third kappa shape index (κ3) is 4.49. The molecule has 0 aromatic heterocycles. The van der Waals surface area contributed by atoms with Crippen LogP contribution < -0.4 is 5.14 Å². The van der Waals surface area contributed by atoms with Crippen LogP contribution in [-0.4, -0.2) is 15.0 Å². The molecule has 0 saturated heterocycles. The van der Waals surface area contributed by atoms with Crippen LogP contribution in [0.5, 0.6) is 0 Å². The van der Waals surface area contributed by atoms with Gasteiger partial charge in [0, 0.05) is 5.02 Å². The van der Waals surface area contributed by atoms with Crippen molar-refractivity contribution in [2.24, 2.45) is 5.14 Å². The number of hydrogen-bond acceptors (Lipinski definition) is 3. The first-order valence-corrected chi connectivity index (χ1v) is 6.66. The second-order valence-corrected chi connectivity index (χ2v) is 5.08. The summed E-state index contributed by atoms with van der Waals surface area (Å²) < 4.78 is 25.4. The highest BCUT2D eigenvalue weighted by Crippen LogP contribution is 2.20. The van der Waals surface area contributed by atoms with E-state index in [1.165, 1.54) is 0 Å². The number of benzene rings is 1. The lowest BCUT2D eigenvalue weighted by atomic mass is 10.0. The van der Waals surface area contributed by atoms with Crippen LogP contribution in [0.15, 0.2) is 18.2 Å². The Morgan fingerprint density at radius 1 is 1.44 bits per heavy atom. The van der Waals surface area contributed by atoms with Gasteiger partial charge in [-0.05, 0) is 37.0 Å². The summed E-state index contributed by atoms with van der Waals surface area (Å²) in [5.41, 5.74) is 2.10. The van der Waals surface area contributed by atoms with Crippen LogP contribution >= 0.6 is 11.6 Å². The van der Waals surface area contributed by atoms with E-state index in [0.717, 1.165) is 11.1 Å². The minimum Gasteiger partial charge on any atom is -0.258 e. The van der Waals surface area contributed by atoms with Crippen molar-refractivity contribution in [1.29, 1.82) is 0 Å². The van der Waals surface area contributed by atoms with Crippen LogP contribution in [0.25, 0.3) is 0 Å². The molecule has 0 aliphatic rings. The second kappa shape index (κ2) is 5.63. The molecule has 0 bridgehead atoms. The summed E-state index contributed by atoms with van der Waals surface area (Å²) in [7, 11) is -3.83. The lowest BCUT2D eigenvalue weighted by molar-refractivity contribution is 0.313. The van der Waals surface area contributed by atoms with Crippen LogP contribution in [0.1, 0.15) is 17.5 Å². The largest absolute Gasteiger partial charge is 0.333 e. The highest BCUT2D eigenvalue weighted by Gasteiger charge is 2.05. The molecule has 0 atom stereocenters. The molecule has 0 fully saturated rings. The van der Waals surface area contributed by atoms with Gasteiger partial charge in [0.15, 0.2) is 0 Å². The van der Waals surface area contributed by atoms with Gasteiger partial charge in [0.2, 0.25) is 0 Å². The van der Waals surface area contributed by atoms with E-state index in [0.29, 0.717) is 17.9 Å². The molecule has 1 aromatic rings. The quantitative estimate of drug-likeness (QED) is 0.824. The summed E-state index contributed by atoms with van der Waals surface area (Å²) in [6.45, 7) is 2.03. The molecular formula is C10H14ClNO3S. The van der Waals surface area contributed by atoms with Crippen molar-refractivity contribution in [2.45, 2.75) is 19.8 Å². The van der Waals surface area contributed by atoms with E-state index in [-0.39, 0.29) is 6.61 Å². The maximum atomic E-state index is 10.5. The molecule has 6 heteroatoms. The van der Waals surface area contributed by atoms with Gasteiger partial charge in [0.1, 0.15) is 0 Å². The smallest absolute Gasteiger partial charge is 0.258 e. The molecule has 0 amide bonds. The fraction of sp³-hybridized carbons (Fsp3) is 0.400. The molecular weight excluding hydrogens is 250 g/mol. The fourth-order valence-electron chi connectivity index (χ4n) is 1.41.